The van der Waals surface area contributed by atoms with Gasteiger partial charge in [0.15, 0.2) is 5.78 Å². The van der Waals surface area contributed by atoms with Gasteiger partial charge in [0.1, 0.15) is 6.29 Å². The van der Waals surface area contributed by atoms with Crippen molar-refractivity contribution in [3.63, 3.8) is 0 Å². The predicted molar refractivity (Wildman–Crippen MR) is 53.8 cm³/mol. The lowest BCUT2D eigenvalue weighted by molar-refractivity contribution is -0.136. The van der Waals surface area contributed by atoms with Crippen molar-refractivity contribution in [1.82, 2.24) is 0 Å². The summed E-state index contributed by atoms with van der Waals surface area (Å²) in [7, 11) is 0. The molecule has 2 atom stereocenters. The van der Waals surface area contributed by atoms with Gasteiger partial charge >= 0.3 is 0 Å². The first-order valence-corrected chi connectivity index (χ1v) is 5.17. The molecule has 0 heterocycles. The maximum atomic E-state index is 12.0. The van der Waals surface area contributed by atoms with E-state index in [-0.39, 0.29) is 17.1 Å². The molecule has 1 saturated carbocycles. The Hall–Kier alpha value is -0.920. The quantitative estimate of drug-likeness (QED) is 0.628. The van der Waals surface area contributed by atoms with Gasteiger partial charge in [-0.05, 0) is 24.7 Å². The van der Waals surface area contributed by atoms with Crippen molar-refractivity contribution in [2.75, 3.05) is 0 Å². The van der Waals surface area contributed by atoms with Crippen LogP contribution in [0.25, 0.3) is 0 Å². The molecule has 3 aliphatic carbocycles. The molecule has 0 amide bonds. The Kier molecular flexibility index (Phi) is 1.91. The Morgan fingerprint density at radius 1 is 1.43 bits per heavy atom. The zero-order valence-electron chi connectivity index (χ0n) is 8.96. The van der Waals surface area contributed by atoms with Gasteiger partial charge in [0.2, 0.25) is 0 Å². The molecule has 0 aromatic carbocycles. The van der Waals surface area contributed by atoms with E-state index in [1.165, 1.54) is 0 Å². The number of allylic oxidation sites excluding steroid dienone is 2. The lowest BCUT2D eigenvalue weighted by Gasteiger charge is -2.56. The standard InChI is InChI=1S/C12H16O2/c1-7-8(4-5-13)11(14)10-6-9(7)12(10,2)3/h5,9-10H,4,6H2,1-3H3/t9-,10+/m1/s1. The first-order valence-electron chi connectivity index (χ1n) is 5.17. The van der Waals surface area contributed by atoms with Gasteiger partial charge in [0, 0.05) is 17.9 Å². The fraction of sp³-hybridized carbons (Fsp3) is 0.667. The minimum atomic E-state index is 0.132. The van der Waals surface area contributed by atoms with Crippen LogP contribution in [-0.4, -0.2) is 12.1 Å². The smallest absolute Gasteiger partial charge is 0.162 e. The van der Waals surface area contributed by atoms with E-state index >= 15 is 0 Å². The molecule has 0 aromatic rings. The summed E-state index contributed by atoms with van der Waals surface area (Å²) in [4.78, 5) is 22.4. The lowest BCUT2D eigenvalue weighted by Crippen LogP contribution is -2.53. The summed E-state index contributed by atoms with van der Waals surface area (Å²) < 4.78 is 0. The van der Waals surface area contributed by atoms with Crippen molar-refractivity contribution in [2.45, 2.75) is 33.6 Å². The number of Topliss-reactive ketones (excluding diaryl/α,β-unsaturated/α-hetero) is 1. The molecule has 0 saturated heterocycles. The van der Waals surface area contributed by atoms with Crippen molar-refractivity contribution in [1.29, 1.82) is 0 Å². The summed E-state index contributed by atoms with van der Waals surface area (Å²) in [5.74, 6) is 0.924. The number of rotatable bonds is 2. The highest BCUT2D eigenvalue weighted by Crippen LogP contribution is 2.59. The fourth-order valence-corrected chi connectivity index (χ4v) is 3.07. The maximum absolute atomic E-state index is 12.0. The Labute approximate surface area is 84.4 Å². The Balaban J connectivity index is 2.40. The Bertz CT molecular complexity index is 336. The van der Waals surface area contributed by atoms with Crippen molar-refractivity contribution < 1.29 is 9.59 Å². The molecule has 0 aromatic heterocycles. The second kappa shape index (κ2) is 2.78. The van der Waals surface area contributed by atoms with Gasteiger partial charge in [-0.2, -0.15) is 0 Å². The molecule has 3 rings (SSSR count). The average Bonchev–Trinajstić information content (AvgIpc) is 2.10. The topological polar surface area (TPSA) is 34.1 Å². The molecule has 0 radical (unpaired) electrons. The molecule has 2 bridgehead atoms. The summed E-state index contributed by atoms with van der Waals surface area (Å²) >= 11 is 0. The monoisotopic (exact) mass is 192 g/mol. The van der Waals surface area contributed by atoms with Gasteiger partial charge < -0.3 is 4.79 Å². The second-order valence-corrected chi connectivity index (χ2v) is 5.06. The average molecular weight is 192 g/mol. The molecule has 76 valence electrons. The van der Waals surface area contributed by atoms with E-state index in [1.807, 2.05) is 6.92 Å². The number of carbonyl (C=O) groups is 2. The van der Waals surface area contributed by atoms with E-state index < -0.39 is 0 Å². The molecule has 0 aliphatic heterocycles. The van der Waals surface area contributed by atoms with E-state index in [4.69, 9.17) is 0 Å². The van der Waals surface area contributed by atoms with Crippen molar-refractivity contribution in [3.8, 4) is 0 Å². The molecule has 2 heteroatoms. The van der Waals surface area contributed by atoms with E-state index in [0.717, 1.165) is 23.9 Å². The number of hydrogen-bond donors (Lipinski definition) is 0. The van der Waals surface area contributed by atoms with Crippen molar-refractivity contribution in [3.05, 3.63) is 11.1 Å². The molecular weight excluding hydrogens is 176 g/mol. The maximum Gasteiger partial charge on any atom is 0.162 e. The minimum Gasteiger partial charge on any atom is -0.303 e. The molecular formula is C12H16O2. The molecule has 0 unspecified atom stereocenters. The van der Waals surface area contributed by atoms with Crippen LogP contribution in [0.5, 0.6) is 0 Å². The van der Waals surface area contributed by atoms with Crippen LogP contribution in [0.1, 0.15) is 33.6 Å². The number of hydrogen-bond acceptors (Lipinski definition) is 2. The van der Waals surface area contributed by atoms with E-state index in [9.17, 15) is 9.59 Å². The van der Waals surface area contributed by atoms with Crippen LogP contribution in [0.4, 0.5) is 0 Å². The highest BCUT2D eigenvalue weighted by atomic mass is 16.1. The van der Waals surface area contributed by atoms with Crippen LogP contribution in [0.15, 0.2) is 11.1 Å². The van der Waals surface area contributed by atoms with Crippen molar-refractivity contribution in [2.24, 2.45) is 17.3 Å². The molecule has 14 heavy (non-hydrogen) atoms. The lowest BCUT2D eigenvalue weighted by atomic mass is 9.47. The van der Waals surface area contributed by atoms with E-state index in [0.29, 0.717) is 12.3 Å². The van der Waals surface area contributed by atoms with Crippen LogP contribution < -0.4 is 0 Å². The van der Waals surface area contributed by atoms with Crippen LogP contribution in [0, 0.1) is 17.3 Å². The SMILES string of the molecule is CC1=C(CC=O)C(=O)[C@@H]2C[C@H]1C2(C)C. The summed E-state index contributed by atoms with van der Waals surface area (Å²) in [6.07, 6.45) is 2.16. The van der Waals surface area contributed by atoms with Gasteiger partial charge in [0.25, 0.3) is 0 Å². The van der Waals surface area contributed by atoms with E-state index in [2.05, 4.69) is 13.8 Å². The van der Waals surface area contributed by atoms with Crippen LogP contribution in [-0.2, 0) is 9.59 Å². The molecule has 2 nitrogen and oxygen atoms in total. The zero-order chi connectivity index (χ0) is 10.5. The third-order valence-electron chi connectivity index (χ3n) is 4.17. The van der Waals surface area contributed by atoms with Gasteiger partial charge in [-0.15, -0.1) is 0 Å². The first kappa shape index (κ1) is 9.63. The summed E-state index contributed by atoms with van der Waals surface area (Å²) in [5, 5.41) is 0. The fourth-order valence-electron chi connectivity index (χ4n) is 3.07. The molecule has 3 aliphatic rings. The minimum absolute atomic E-state index is 0.132. The summed E-state index contributed by atoms with van der Waals surface area (Å²) in [6.45, 7) is 6.33. The van der Waals surface area contributed by atoms with Crippen molar-refractivity contribution >= 4 is 12.1 Å². The van der Waals surface area contributed by atoms with Gasteiger partial charge in [0.05, 0.1) is 0 Å². The van der Waals surface area contributed by atoms with Crippen LogP contribution in [0.2, 0.25) is 0 Å². The molecule has 0 N–H and O–H groups in total. The third-order valence-corrected chi connectivity index (χ3v) is 4.17. The summed E-state index contributed by atoms with van der Waals surface area (Å²) in [5.41, 5.74) is 2.09. The molecule has 1 fully saturated rings. The molecule has 0 spiro atoms. The van der Waals surface area contributed by atoms with Crippen LogP contribution in [0.3, 0.4) is 0 Å². The first-order chi connectivity index (χ1) is 6.50. The highest BCUT2D eigenvalue weighted by molar-refractivity contribution is 6.02. The number of aldehydes is 1. The normalized spacial score (nSPS) is 34.1. The number of carbonyl (C=O) groups excluding carboxylic acids is 2. The largest absolute Gasteiger partial charge is 0.303 e. The number of ketones is 1. The zero-order valence-corrected chi connectivity index (χ0v) is 8.96. The van der Waals surface area contributed by atoms with Crippen LogP contribution >= 0.6 is 0 Å². The highest BCUT2D eigenvalue weighted by Gasteiger charge is 2.56. The second-order valence-electron chi connectivity index (χ2n) is 5.06. The third kappa shape index (κ3) is 0.969. The van der Waals surface area contributed by atoms with Gasteiger partial charge in [-0.3, -0.25) is 4.79 Å². The number of fused-ring (bicyclic) bond motifs is 1. The van der Waals surface area contributed by atoms with Gasteiger partial charge in [-0.25, -0.2) is 0 Å². The Morgan fingerprint density at radius 2 is 2.07 bits per heavy atom. The Morgan fingerprint density at radius 3 is 2.50 bits per heavy atom. The predicted octanol–water partition coefficient (Wildman–Crippen LogP) is 2.14. The summed E-state index contributed by atoms with van der Waals surface area (Å²) in [6, 6.07) is 0. The van der Waals surface area contributed by atoms with Gasteiger partial charge in [-0.1, -0.05) is 19.4 Å². The van der Waals surface area contributed by atoms with E-state index in [1.54, 1.807) is 0 Å².